The molecule has 2 aliphatic rings. The van der Waals surface area contributed by atoms with Crippen molar-refractivity contribution in [3.63, 3.8) is 0 Å². The second-order valence-corrected chi connectivity index (χ2v) is 6.55. The number of hydrogen-bond acceptors (Lipinski definition) is 4. The fourth-order valence-electron chi connectivity index (χ4n) is 2.75. The Balaban J connectivity index is 1.89. The Bertz CT molecular complexity index is 331. The lowest BCUT2D eigenvalue weighted by Gasteiger charge is -2.21. The molecule has 2 saturated heterocycles. The van der Waals surface area contributed by atoms with Crippen LogP contribution in [0.2, 0.25) is 0 Å². The summed E-state index contributed by atoms with van der Waals surface area (Å²) < 4.78 is 26.4. The number of rotatable bonds is 5. The molecule has 16 heavy (non-hydrogen) atoms. The summed E-state index contributed by atoms with van der Waals surface area (Å²) in [6.07, 6.45) is 3.31. The molecular formula is C10H21N3O2S. The van der Waals surface area contributed by atoms with Crippen LogP contribution < -0.4 is 10.0 Å². The van der Waals surface area contributed by atoms with Crippen molar-refractivity contribution in [2.45, 2.75) is 31.3 Å². The summed E-state index contributed by atoms with van der Waals surface area (Å²) in [6.45, 7) is 2.69. The normalized spacial score (nSPS) is 30.8. The number of sulfonamides is 1. The Morgan fingerprint density at radius 2 is 2.12 bits per heavy atom. The van der Waals surface area contributed by atoms with Gasteiger partial charge in [0.05, 0.1) is 5.75 Å². The molecule has 2 N–H and O–H groups in total. The number of nitrogens with one attached hydrogen (secondary N) is 2. The van der Waals surface area contributed by atoms with E-state index >= 15 is 0 Å². The van der Waals surface area contributed by atoms with E-state index in [0.717, 1.165) is 25.9 Å². The Labute approximate surface area is 97.6 Å². The maximum atomic E-state index is 11.8. The molecule has 2 aliphatic heterocycles. The lowest BCUT2D eigenvalue weighted by molar-refractivity contribution is 0.309. The van der Waals surface area contributed by atoms with E-state index in [1.165, 1.54) is 6.42 Å². The number of fused-ring (bicyclic) bond motifs is 1. The van der Waals surface area contributed by atoms with Gasteiger partial charge in [-0.25, -0.2) is 13.1 Å². The summed E-state index contributed by atoms with van der Waals surface area (Å²) in [7, 11) is -1.34. The van der Waals surface area contributed by atoms with Gasteiger partial charge in [0.15, 0.2) is 0 Å². The van der Waals surface area contributed by atoms with E-state index in [0.29, 0.717) is 12.6 Å². The summed E-state index contributed by atoms with van der Waals surface area (Å²) in [4.78, 5) is 2.41. The van der Waals surface area contributed by atoms with Gasteiger partial charge in [-0.3, -0.25) is 4.90 Å². The molecule has 6 heteroatoms. The number of nitrogens with zero attached hydrogens (tertiary/aromatic N) is 1. The highest BCUT2D eigenvalue weighted by Gasteiger charge is 2.38. The maximum absolute atomic E-state index is 11.8. The van der Waals surface area contributed by atoms with Crippen LogP contribution in [0.4, 0.5) is 0 Å². The van der Waals surface area contributed by atoms with Gasteiger partial charge in [-0.15, -0.1) is 0 Å². The molecule has 2 unspecified atom stereocenters. The van der Waals surface area contributed by atoms with E-state index < -0.39 is 10.0 Å². The van der Waals surface area contributed by atoms with Crippen molar-refractivity contribution in [1.82, 2.24) is 14.9 Å². The molecule has 0 saturated carbocycles. The molecule has 94 valence electrons. The molecule has 2 heterocycles. The average Bonchev–Trinajstić information content (AvgIpc) is 2.80. The molecule has 0 aliphatic carbocycles. The maximum Gasteiger partial charge on any atom is 0.213 e. The minimum Gasteiger partial charge on any atom is -0.319 e. The van der Waals surface area contributed by atoms with E-state index in [4.69, 9.17) is 0 Å². The highest BCUT2D eigenvalue weighted by molar-refractivity contribution is 7.89. The summed E-state index contributed by atoms with van der Waals surface area (Å²) >= 11 is 0. The first-order chi connectivity index (χ1) is 7.62. The van der Waals surface area contributed by atoms with E-state index in [-0.39, 0.29) is 11.8 Å². The Kier molecular flexibility index (Phi) is 3.84. The van der Waals surface area contributed by atoms with E-state index in [9.17, 15) is 8.42 Å². The van der Waals surface area contributed by atoms with Crippen LogP contribution in [0.3, 0.4) is 0 Å². The van der Waals surface area contributed by atoms with Crippen LogP contribution in [0, 0.1) is 0 Å². The average molecular weight is 247 g/mol. The topological polar surface area (TPSA) is 61.4 Å². The van der Waals surface area contributed by atoms with Crippen LogP contribution in [0.5, 0.6) is 0 Å². The van der Waals surface area contributed by atoms with Crippen LogP contribution in [-0.2, 0) is 10.0 Å². The summed E-state index contributed by atoms with van der Waals surface area (Å²) in [5, 5.41) is 2.87. The van der Waals surface area contributed by atoms with E-state index in [1.54, 1.807) is 7.05 Å². The molecule has 0 aromatic rings. The van der Waals surface area contributed by atoms with Crippen LogP contribution in [0.15, 0.2) is 0 Å². The summed E-state index contributed by atoms with van der Waals surface area (Å²) in [6, 6.07) is 0.591. The van der Waals surface area contributed by atoms with Crippen LogP contribution in [0.25, 0.3) is 0 Å². The van der Waals surface area contributed by atoms with Gasteiger partial charge in [-0.05, 0) is 32.9 Å². The predicted octanol–water partition coefficient (Wildman–Crippen LogP) is -0.638. The van der Waals surface area contributed by atoms with Gasteiger partial charge in [0.1, 0.15) is 0 Å². The lowest BCUT2D eigenvalue weighted by atomic mass is 10.1. The second-order valence-electron chi connectivity index (χ2n) is 4.68. The Morgan fingerprint density at radius 3 is 2.88 bits per heavy atom. The third-order valence-corrected chi connectivity index (χ3v) is 4.96. The third-order valence-electron chi connectivity index (χ3n) is 3.56. The smallest absolute Gasteiger partial charge is 0.213 e. The van der Waals surface area contributed by atoms with Gasteiger partial charge < -0.3 is 5.32 Å². The first kappa shape index (κ1) is 12.3. The Morgan fingerprint density at radius 1 is 1.31 bits per heavy atom. The fraction of sp³-hybridized carbons (Fsp3) is 1.00. The van der Waals surface area contributed by atoms with Crippen LogP contribution in [0.1, 0.15) is 19.3 Å². The van der Waals surface area contributed by atoms with Gasteiger partial charge >= 0.3 is 0 Å². The molecular weight excluding hydrogens is 226 g/mol. The monoisotopic (exact) mass is 247 g/mol. The van der Waals surface area contributed by atoms with Crippen molar-refractivity contribution in [2.24, 2.45) is 0 Å². The molecule has 0 bridgehead atoms. The first-order valence-corrected chi connectivity index (χ1v) is 7.66. The first-order valence-electron chi connectivity index (χ1n) is 6.01. The van der Waals surface area contributed by atoms with E-state index in [1.807, 2.05) is 0 Å². The summed E-state index contributed by atoms with van der Waals surface area (Å²) in [5.41, 5.74) is 0. The van der Waals surface area contributed by atoms with Crippen molar-refractivity contribution in [2.75, 3.05) is 32.4 Å². The molecule has 2 fully saturated rings. The molecule has 0 aromatic carbocycles. The zero-order chi connectivity index (χ0) is 11.6. The SMILES string of the molecule is CNCCS(=O)(=O)NC1CCN2CCCC12. The molecule has 5 nitrogen and oxygen atoms in total. The predicted molar refractivity (Wildman–Crippen MR) is 63.8 cm³/mol. The molecule has 0 aromatic heterocycles. The van der Waals surface area contributed by atoms with E-state index in [2.05, 4.69) is 14.9 Å². The molecule has 0 radical (unpaired) electrons. The highest BCUT2D eigenvalue weighted by atomic mass is 32.2. The fourth-order valence-corrected chi connectivity index (χ4v) is 4.07. The minimum atomic E-state index is -3.10. The van der Waals surface area contributed by atoms with Gasteiger partial charge in [0.2, 0.25) is 10.0 Å². The standard InChI is InChI=1S/C10H21N3O2S/c1-11-5-8-16(14,15)12-9-4-7-13-6-2-3-10(9)13/h9-12H,2-8H2,1H3. The largest absolute Gasteiger partial charge is 0.319 e. The minimum absolute atomic E-state index is 0.143. The second kappa shape index (κ2) is 5.00. The van der Waals surface area contributed by atoms with Crippen LogP contribution in [-0.4, -0.2) is 57.8 Å². The zero-order valence-electron chi connectivity index (χ0n) is 9.78. The zero-order valence-corrected chi connectivity index (χ0v) is 10.6. The quantitative estimate of drug-likeness (QED) is 0.678. The van der Waals surface area contributed by atoms with Gasteiger partial charge in [0, 0.05) is 25.2 Å². The van der Waals surface area contributed by atoms with Crippen molar-refractivity contribution in [3.8, 4) is 0 Å². The van der Waals surface area contributed by atoms with Crippen molar-refractivity contribution in [1.29, 1.82) is 0 Å². The van der Waals surface area contributed by atoms with Gasteiger partial charge in [-0.1, -0.05) is 0 Å². The van der Waals surface area contributed by atoms with Crippen molar-refractivity contribution < 1.29 is 8.42 Å². The van der Waals surface area contributed by atoms with Gasteiger partial charge in [-0.2, -0.15) is 0 Å². The van der Waals surface area contributed by atoms with Crippen LogP contribution >= 0.6 is 0 Å². The Hall–Kier alpha value is -0.170. The van der Waals surface area contributed by atoms with Gasteiger partial charge in [0.25, 0.3) is 0 Å². The lowest BCUT2D eigenvalue weighted by Crippen LogP contribution is -2.44. The van der Waals surface area contributed by atoms with Crippen molar-refractivity contribution in [3.05, 3.63) is 0 Å². The molecule has 2 atom stereocenters. The molecule has 0 spiro atoms. The molecule has 2 rings (SSSR count). The number of hydrogen-bond donors (Lipinski definition) is 2. The van der Waals surface area contributed by atoms with Crippen molar-refractivity contribution >= 4 is 10.0 Å². The highest BCUT2D eigenvalue weighted by Crippen LogP contribution is 2.28. The third kappa shape index (κ3) is 2.74. The summed E-state index contributed by atoms with van der Waals surface area (Å²) in [5.74, 6) is 0.173. The molecule has 0 amide bonds.